The van der Waals surface area contributed by atoms with E-state index in [1.165, 1.54) is 0 Å². The predicted octanol–water partition coefficient (Wildman–Crippen LogP) is 6.62. The summed E-state index contributed by atoms with van der Waals surface area (Å²) in [5.74, 6) is 3.68. The van der Waals surface area contributed by atoms with E-state index in [0.29, 0.717) is 30.5 Å². The summed E-state index contributed by atoms with van der Waals surface area (Å²) in [6, 6.07) is 10.1. The van der Waals surface area contributed by atoms with E-state index in [2.05, 4.69) is 35.9 Å². The summed E-state index contributed by atoms with van der Waals surface area (Å²) in [4.78, 5) is 19.0. The molecule has 0 aromatic carbocycles. The predicted molar refractivity (Wildman–Crippen MR) is 154 cm³/mol. The van der Waals surface area contributed by atoms with Crippen LogP contribution in [0.5, 0.6) is 0 Å². The van der Waals surface area contributed by atoms with Crippen LogP contribution in [0.1, 0.15) is 89.6 Å². The fraction of sp³-hybridized carbons (Fsp3) is 0.469. The number of fused-ring (bicyclic) bond motifs is 3. The van der Waals surface area contributed by atoms with Crippen LogP contribution in [-0.2, 0) is 19.4 Å². The molecule has 0 bridgehead atoms. The van der Waals surface area contributed by atoms with E-state index in [4.69, 9.17) is 13.9 Å². The zero-order valence-electron chi connectivity index (χ0n) is 24.0. The van der Waals surface area contributed by atoms with E-state index in [9.17, 15) is 9.90 Å². The van der Waals surface area contributed by atoms with Crippen molar-refractivity contribution in [2.75, 3.05) is 19.6 Å². The van der Waals surface area contributed by atoms with Gasteiger partial charge in [0.05, 0.1) is 5.69 Å². The minimum atomic E-state index is -0.909. The van der Waals surface area contributed by atoms with E-state index in [1.807, 2.05) is 38.2 Å². The van der Waals surface area contributed by atoms with Gasteiger partial charge in [-0.25, -0.2) is 4.79 Å². The first-order chi connectivity index (χ1) is 19.3. The van der Waals surface area contributed by atoms with Crippen LogP contribution in [0.25, 0.3) is 11.3 Å². The van der Waals surface area contributed by atoms with E-state index >= 15 is 0 Å². The van der Waals surface area contributed by atoms with Crippen molar-refractivity contribution >= 4 is 5.97 Å². The maximum absolute atomic E-state index is 12.3. The Morgan fingerprint density at radius 3 is 2.20 bits per heavy atom. The van der Waals surface area contributed by atoms with Crippen LogP contribution in [0.15, 0.2) is 51.6 Å². The van der Waals surface area contributed by atoms with Crippen LogP contribution in [-0.4, -0.2) is 50.4 Å². The molecule has 0 radical (unpaired) electrons. The Kier molecular flexibility index (Phi) is 8.54. The first-order valence-corrected chi connectivity index (χ1v) is 14.4. The Bertz CT molecular complexity index is 1400. The topological polar surface area (TPSA) is 97.5 Å². The van der Waals surface area contributed by atoms with Crippen molar-refractivity contribution in [1.29, 1.82) is 0 Å². The number of nitrogens with zero attached hydrogens (tertiary/aromatic N) is 4. The van der Waals surface area contributed by atoms with Crippen molar-refractivity contribution < 1.29 is 18.7 Å². The van der Waals surface area contributed by atoms with Gasteiger partial charge in [0.2, 0.25) is 0 Å². The third kappa shape index (κ3) is 6.22. The number of rotatable bonds is 13. The second-order valence-corrected chi connectivity index (χ2v) is 11.2. The summed E-state index contributed by atoms with van der Waals surface area (Å²) in [5.41, 5.74) is 4.09. The highest BCUT2D eigenvalue weighted by Gasteiger charge is 2.28. The van der Waals surface area contributed by atoms with Gasteiger partial charge in [-0.05, 0) is 101 Å². The van der Waals surface area contributed by atoms with E-state index in [-0.39, 0.29) is 0 Å². The Hall–Kier alpha value is -3.65. The zero-order valence-corrected chi connectivity index (χ0v) is 24.0. The molecule has 4 heterocycles. The van der Waals surface area contributed by atoms with Gasteiger partial charge in [-0.2, -0.15) is 5.10 Å². The molecule has 4 aromatic rings. The molecule has 8 nitrogen and oxygen atoms in total. The molecule has 0 amide bonds. The number of furan rings is 2. The normalized spacial score (nSPS) is 14.2. The lowest BCUT2D eigenvalue weighted by molar-refractivity contribution is 0.0681. The molecular formula is C32H40N4O4. The van der Waals surface area contributed by atoms with Crippen molar-refractivity contribution in [3.05, 3.63) is 82.6 Å². The molecule has 8 heteroatoms. The SMILES string of the molecule is Cc1ccc(C(C)CCN(CCCn2nc3c(c2C(=O)O)CCc2cnccc2-3)CCC(C)c2ccc(C)o2)o1. The zero-order chi connectivity index (χ0) is 28.2. The molecule has 2 atom stereocenters. The average Bonchev–Trinajstić information content (AvgIpc) is 3.67. The van der Waals surface area contributed by atoms with Gasteiger partial charge in [0, 0.05) is 41.9 Å². The first kappa shape index (κ1) is 27.9. The lowest BCUT2D eigenvalue weighted by Crippen LogP contribution is -2.30. The number of aromatic nitrogens is 3. The molecule has 1 aliphatic rings. The molecule has 0 saturated carbocycles. The standard InChI is InChI=1S/C32H40N4O4/c1-21(28-10-6-23(3)39-28)13-18-35(19-14-22(2)29-11-7-24(4)40-29)16-5-17-36-31(32(37)38)27-9-8-25-20-33-15-12-26(25)30(27)34-36/h6-7,10-12,15,20-22H,5,8-9,13-14,16-19H2,1-4H3,(H,37,38). The number of carbonyl (C=O) groups is 1. The molecule has 0 saturated heterocycles. The molecule has 1 N–H and O–H groups in total. The Morgan fingerprint density at radius 1 is 0.975 bits per heavy atom. The van der Waals surface area contributed by atoms with Crippen molar-refractivity contribution in [2.24, 2.45) is 0 Å². The third-order valence-corrected chi connectivity index (χ3v) is 8.15. The number of carboxylic acids is 1. The molecule has 40 heavy (non-hydrogen) atoms. The van der Waals surface area contributed by atoms with E-state index in [0.717, 1.165) is 90.7 Å². The molecule has 1 aliphatic carbocycles. The maximum atomic E-state index is 12.3. The molecule has 4 aromatic heterocycles. The van der Waals surface area contributed by atoms with Crippen LogP contribution < -0.4 is 0 Å². The molecule has 212 valence electrons. The summed E-state index contributed by atoms with van der Waals surface area (Å²) >= 11 is 0. The van der Waals surface area contributed by atoms with Crippen LogP contribution in [0.4, 0.5) is 0 Å². The molecule has 2 unspecified atom stereocenters. The quantitative estimate of drug-likeness (QED) is 0.202. The van der Waals surface area contributed by atoms with Gasteiger partial charge in [0.25, 0.3) is 0 Å². The second kappa shape index (κ2) is 12.3. The van der Waals surface area contributed by atoms with Crippen LogP contribution >= 0.6 is 0 Å². The molecule has 0 fully saturated rings. The average molecular weight is 545 g/mol. The van der Waals surface area contributed by atoms with Crippen LogP contribution in [0.2, 0.25) is 0 Å². The van der Waals surface area contributed by atoms with Gasteiger partial charge in [0.15, 0.2) is 0 Å². The molecule has 0 aliphatic heterocycles. The highest BCUT2D eigenvalue weighted by Crippen LogP contribution is 2.34. The number of carboxylic acid groups (broad SMARTS) is 1. The molecule has 0 spiro atoms. The minimum absolute atomic E-state index is 0.326. The highest BCUT2D eigenvalue weighted by atomic mass is 16.4. The summed E-state index contributed by atoms with van der Waals surface area (Å²) in [5, 5.41) is 14.9. The van der Waals surface area contributed by atoms with Gasteiger partial charge < -0.3 is 18.8 Å². The lowest BCUT2D eigenvalue weighted by atomic mass is 9.90. The fourth-order valence-corrected chi connectivity index (χ4v) is 5.72. The van der Waals surface area contributed by atoms with Gasteiger partial charge >= 0.3 is 5.97 Å². The summed E-state index contributed by atoms with van der Waals surface area (Å²) in [7, 11) is 0. The fourth-order valence-electron chi connectivity index (χ4n) is 5.72. The lowest BCUT2D eigenvalue weighted by Gasteiger charge is -2.25. The third-order valence-electron chi connectivity index (χ3n) is 8.15. The van der Waals surface area contributed by atoms with Gasteiger partial charge in [-0.15, -0.1) is 0 Å². The Labute approximate surface area is 236 Å². The van der Waals surface area contributed by atoms with Gasteiger partial charge in [-0.1, -0.05) is 13.8 Å². The van der Waals surface area contributed by atoms with Crippen molar-refractivity contribution in [3.63, 3.8) is 0 Å². The summed E-state index contributed by atoms with van der Waals surface area (Å²) < 4.78 is 13.5. The Balaban J connectivity index is 1.26. The van der Waals surface area contributed by atoms with Crippen molar-refractivity contribution in [2.45, 2.75) is 78.2 Å². The number of aromatic carboxylic acids is 1. The number of aryl methyl sites for hydroxylation is 4. The maximum Gasteiger partial charge on any atom is 0.354 e. The van der Waals surface area contributed by atoms with Gasteiger partial charge in [0.1, 0.15) is 28.7 Å². The smallest absolute Gasteiger partial charge is 0.354 e. The monoisotopic (exact) mass is 544 g/mol. The van der Waals surface area contributed by atoms with Gasteiger partial charge in [-0.3, -0.25) is 9.67 Å². The Morgan fingerprint density at radius 2 is 1.62 bits per heavy atom. The highest BCUT2D eigenvalue weighted by molar-refractivity contribution is 5.90. The first-order valence-electron chi connectivity index (χ1n) is 14.4. The molecular weight excluding hydrogens is 504 g/mol. The number of pyridine rings is 1. The second-order valence-electron chi connectivity index (χ2n) is 11.2. The summed E-state index contributed by atoms with van der Waals surface area (Å²) in [6.07, 6.45) is 7.87. The van der Waals surface area contributed by atoms with Crippen molar-refractivity contribution in [1.82, 2.24) is 19.7 Å². The van der Waals surface area contributed by atoms with Crippen molar-refractivity contribution in [3.8, 4) is 11.3 Å². The number of hydrogen-bond acceptors (Lipinski definition) is 6. The number of hydrogen-bond donors (Lipinski definition) is 1. The largest absolute Gasteiger partial charge is 0.477 e. The summed E-state index contributed by atoms with van der Waals surface area (Å²) in [6.45, 7) is 11.7. The molecule has 5 rings (SSSR count). The van der Waals surface area contributed by atoms with E-state index < -0.39 is 5.97 Å². The van der Waals surface area contributed by atoms with Crippen LogP contribution in [0, 0.1) is 13.8 Å². The minimum Gasteiger partial charge on any atom is -0.477 e. The van der Waals surface area contributed by atoms with Crippen LogP contribution in [0.3, 0.4) is 0 Å². The van der Waals surface area contributed by atoms with E-state index in [1.54, 1.807) is 10.9 Å².